The summed E-state index contributed by atoms with van der Waals surface area (Å²) in [6.07, 6.45) is 0. The molecule has 0 fully saturated rings. The van der Waals surface area contributed by atoms with Crippen molar-refractivity contribution in [3.8, 4) is 0 Å². The maximum absolute atomic E-state index is 13.5. The number of imidazole rings is 1. The highest BCUT2D eigenvalue weighted by atomic mass is 79.9. The van der Waals surface area contributed by atoms with Gasteiger partial charge in [-0.1, -0.05) is 40.2 Å². The molecule has 2 aromatic carbocycles. The molecule has 0 saturated heterocycles. The fraction of sp³-hybridized carbons (Fsp3) is 0.318. The normalized spacial score (nSPS) is 18.6. The number of benzene rings is 2. The van der Waals surface area contributed by atoms with Crippen LogP contribution in [0.15, 0.2) is 58.0 Å². The van der Waals surface area contributed by atoms with E-state index in [1.165, 1.54) is 0 Å². The fourth-order valence-corrected chi connectivity index (χ4v) is 4.30. The quantitative estimate of drug-likeness (QED) is 0.576. The maximum Gasteiger partial charge on any atom is 0.233 e. The van der Waals surface area contributed by atoms with Crippen molar-refractivity contribution >= 4 is 44.5 Å². The molecule has 1 amide bonds. The standard InChI is InChI=1S/C22H23BrN4O/c1-4-26(5-2)21(28)19-14(3)24-22-25-17-8-6-7-9-18(17)27(22)20(19)15-10-12-16(23)13-11-15/h6-13,19-20H,4-5H2,1-3H3. The summed E-state index contributed by atoms with van der Waals surface area (Å²) in [4.78, 5) is 24.8. The Morgan fingerprint density at radius 3 is 2.46 bits per heavy atom. The van der Waals surface area contributed by atoms with E-state index in [0.29, 0.717) is 19.0 Å². The van der Waals surface area contributed by atoms with Crippen molar-refractivity contribution in [3.63, 3.8) is 0 Å². The van der Waals surface area contributed by atoms with Crippen molar-refractivity contribution in [3.05, 3.63) is 58.6 Å². The molecule has 3 aromatic rings. The van der Waals surface area contributed by atoms with Crippen LogP contribution in [0, 0.1) is 5.92 Å². The Kier molecular flexibility index (Phi) is 5.06. The second kappa shape index (κ2) is 7.51. The molecule has 2 atom stereocenters. The van der Waals surface area contributed by atoms with E-state index in [9.17, 15) is 4.79 Å². The van der Waals surface area contributed by atoms with Gasteiger partial charge in [0.25, 0.3) is 0 Å². The minimum absolute atomic E-state index is 0.114. The van der Waals surface area contributed by atoms with Crippen LogP contribution in [0.5, 0.6) is 0 Å². The molecule has 1 aliphatic heterocycles. The minimum Gasteiger partial charge on any atom is -0.343 e. The number of carbonyl (C=O) groups excluding carboxylic acids is 1. The Labute approximate surface area is 173 Å². The van der Waals surface area contributed by atoms with Crippen LogP contribution >= 0.6 is 15.9 Å². The molecule has 1 aromatic heterocycles. The summed E-state index contributed by atoms with van der Waals surface area (Å²) in [5.74, 6) is 0.420. The number of aromatic nitrogens is 2. The van der Waals surface area contributed by atoms with Crippen LogP contribution in [0.25, 0.3) is 11.0 Å². The van der Waals surface area contributed by atoms with E-state index in [1.54, 1.807) is 0 Å². The van der Waals surface area contributed by atoms with E-state index in [1.807, 2.05) is 62.1 Å². The number of para-hydroxylation sites is 2. The fourth-order valence-electron chi connectivity index (χ4n) is 4.04. The number of hydrogen-bond donors (Lipinski definition) is 0. The lowest BCUT2D eigenvalue weighted by molar-refractivity contribution is -0.133. The molecule has 0 radical (unpaired) electrons. The molecule has 28 heavy (non-hydrogen) atoms. The summed E-state index contributed by atoms with van der Waals surface area (Å²) in [6.45, 7) is 7.35. The van der Waals surface area contributed by atoms with Gasteiger partial charge in [0.15, 0.2) is 0 Å². The third-order valence-electron chi connectivity index (χ3n) is 5.45. The summed E-state index contributed by atoms with van der Waals surface area (Å²) in [7, 11) is 0. The Hall–Kier alpha value is -2.47. The number of halogens is 1. The van der Waals surface area contributed by atoms with Crippen molar-refractivity contribution in [2.75, 3.05) is 13.1 Å². The first-order valence-electron chi connectivity index (χ1n) is 9.61. The van der Waals surface area contributed by atoms with E-state index < -0.39 is 0 Å². The smallest absolute Gasteiger partial charge is 0.233 e. The molecule has 0 bridgehead atoms. The van der Waals surface area contributed by atoms with Crippen LogP contribution in [0.4, 0.5) is 5.95 Å². The number of amides is 1. The average Bonchev–Trinajstić information content (AvgIpc) is 3.06. The van der Waals surface area contributed by atoms with Crippen LogP contribution in [0.3, 0.4) is 0 Å². The largest absolute Gasteiger partial charge is 0.343 e. The van der Waals surface area contributed by atoms with Gasteiger partial charge in [0, 0.05) is 23.3 Å². The zero-order valence-electron chi connectivity index (χ0n) is 16.3. The number of fused-ring (bicyclic) bond motifs is 3. The van der Waals surface area contributed by atoms with Crippen LogP contribution in [0.1, 0.15) is 32.4 Å². The Balaban J connectivity index is 1.95. The van der Waals surface area contributed by atoms with E-state index in [0.717, 1.165) is 26.8 Å². The predicted octanol–water partition coefficient (Wildman–Crippen LogP) is 4.98. The van der Waals surface area contributed by atoms with Crippen LogP contribution in [0.2, 0.25) is 0 Å². The predicted molar refractivity (Wildman–Crippen MR) is 116 cm³/mol. The van der Waals surface area contributed by atoms with Gasteiger partial charge in [0.05, 0.1) is 17.1 Å². The zero-order chi connectivity index (χ0) is 19.8. The molecule has 5 nitrogen and oxygen atoms in total. The second-order valence-electron chi connectivity index (χ2n) is 7.01. The molecule has 2 heterocycles. The summed E-state index contributed by atoms with van der Waals surface area (Å²) >= 11 is 3.52. The summed E-state index contributed by atoms with van der Waals surface area (Å²) < 4.78 is 3.14. The summed E-state index contributed by atoms with van der Waals surface area (Å²) in [6, 6.07) is 16.0. The van der Waals surface area contributed by atoms with Crippen molar-refractivity contribution in [2.24, 2.45) is 10.9 Å². The van der Waals surface area contributed by atoms with Gasteiger partial charge in [-0.15, -0.1) is 0 Å². The molecule has 6 heteroatoms. The third-order valence-corrected chi connectivity index (χ3v) is 5.98. The number of rotatable bonds is 4. The lowest BCUT2D eigenvalue weighted by Crippen LogP contribution is -2.44. The van der Waals surface area contributed by atoms with Crippen molar-refractivity contribution in [2.45, 2.75) is 26.8 Å². The summed E-state index contributed by atoms with van der Waals surface area (Å²) in [5, 5.41) is 0. The Bertz CT molecular complexity index is 1050. The lowest BCUT2D eigenvalue weighted by Gasteiger charge is -2.35. The highest BCUT2D eigenvalue weighted by Gasteiger charge is 2.40. The number of hydrogen-bond acceptors (Lipinski definition) is 3. The topological polar surface area (TPSA) is 50.5 Å². The monoisotopic (exact) mass is 438 g/mol. The maximum atomic E-state index is 13.5. The van der Waals surface area contributed by atoms with E-state index in [2.05, 4.69) is 32.6 Å². The molecule has 0 aliphatic carbocycles. The molecule has 4 rings (SSSR count). The molecular formula is C22H23BrN4O. The number of aliphatic imine (C=N–C) groups is 1. The molecule has 144 valence electrons. The molecule has 0 saturated carbocycles. The van der Waals surface area contributed by atoms with Crippen LogP contribution in [-0.2, 0) is 4.79 Å². The average molecular weight is 439 g/mol. The zero-order valence-corrected chi connectivity index (χ0v) is 17.8. The second-order valence-corrected chi connectivity index (χ2v) is 7.92. The highest BCUT2D eigenvalue weighted by molar-refractivity contribution is 9.10. The first kappa shape index (κ1) is 18.9. The molecular weight excluding hydrogens is 416 g/mol. The lowest BCUT2D eigenvalue weighted by atomic mass is 9.86. The van der Waals surface area contributed by atoms with E-state index >= 15 is 0 Å². The first-order chi connectivity index (χ1) is 13.5. The van der Waals surface area contributed by atoms with Gasteiger partial charge < -0.3 is 4.90 Å². The third kappa shape index (κ3) is 3.05. The van der Waals surface area contributed by atoms with E-state index in [4.69, 9.17) is 9.98 Å². The van der Waals surface area contributed by atoms with Gasteiger partial charge in [-0.3, -0.25) is 9.36 Å². The first-order valence-corrected chi connectivity index (χ1v) is 10.4. The van der Waals surface area contributed by atoms with Crippen molar-refractivity contribution < 1.29 is 4.79 Å². The van der Waals surface area contributed by atoms with Crippen LogP contribution in [-0.4, -0.2) is 39.2 Å². The van der Waals surface area contributed by atoms with Gasteiger partial charge in [0.2, 0.25) is 11.9 Å². The van der Waals surface area contributed by atoms with Gasteiger partial charge in [-0.05, 0) is 50.6 Å². The van der Waals surface area contributed by atoms with Gasteiger partial charge in [0.1, 0.15) is 5.92 Å². The Morgan fingerprint density at radius 2 is 1.79 bits per heavy atom. The number of nitrogens with zero attached hydrogens (tertiary/aromatic N) is 4. The molecule has 0 N–H and O–H groups in total. The van der Waals surface area contributed by atoms with E-state index in [-0.39, 0.29) is 17.9 Å². The van der Waals surface area contributed by atoms with Gasteiger partial charge in [-0.2, -0.15) is 0 Å². The van der Waals surface area contributed by atoms with Crippen molar-refractivity contribution in [1.29, 1.82) is 0 Å². The molecule has 0 spiro atoms. The minimum atomic E-state index is -0.355. The van der Waals surface area contributed by atoms with Crippen LogP contribution < -0.4 is 0 Å². The van der Waals surface area contributed by atoms with Crippen molar-refractivity contribution in [1.82, 2.24) is 14.5 Å². The Morgan fingerprint density at radius 1 is 1.11 bits per heavy atom. The van der Waals surface area contributed by atoms with Gasteiger partial charge >= 0.3 is 0 Å². The highest BCUT2D eigenvalue weighted by Crippen LogP contribution is 2.40. The molecule has 1 aliphatic rings. The molecule has 2 unspecified atom stereocenters. The SMILES string of the molecule is CCN(CC)C(=O)C1C(C)=Nc2nc3ccccc3n2C1c1ccc(Br)cc1. The summed E-state index contributed by atoms with van der Waals surface area (Å²) in [5.41, 5.74) is 3.78. The number of carbonyl (C=O) groups is 1. The van der Waals surface area contributed by atoms with Gasteiger partial charge in [-0.25, -0.2) is 9.98 Å².